The van der Waals surface area contributed by atoms with Crippen molar-refractivity contribution in [3.63, 3.8) is 0 Å². The number of amides is 1. The molecule has 198 valence electrons. The maximum absolute atomic E-state index is 13.2. The molecule has 0 bridgehead atoms. The van der Waals surface area contributed by atoms with E-state index in [0.29, 0.717) is 22.8 Å². The molecule has 1 atom stereocenters. The third kappa shape index (κ3) is 6.83. The van der Waals surface area contributed by atoms with Crippen molar-refractivity contribution in [2.24, 2.45) is 0 Å². The van der Waals surface area contributed by atoms with Crippen LogP contribution in [0.5, 0.6) is 0 Å². The van der Waals surface area contributed by atoms with Crippen molar-refractivity contribution in [3.8, 4) is 0 Å². The summed E-state index contributed by atoms with van der Waals surface area (Å²) in [5.74, 6) is -0.573. The van der Waals surface area contributed by atoms with Gasteiger partial charge < -0.3 is 5.32 Å². The largest absolute Gasteiger partial charge is 0.324 e. The molecular weight excluding hydrogens is 514 g/mol. The predicted molar refractivity (Wildman–Crippen MR) is 145 cm³/mol. The summed E-state index contributed by atoms with van der Waals surface area (Å²) in [6.45, 7) is 8.98. The molecule has 2 N–H and O–H groups in total. The lowest BCUT2D eigenvalue weighted by atomic mass is 10.1. The van der Waals surface area contributed by atoms with E-state index in [0.717, 1.165) is 21.7 Å². The van der Waals surface area contributed by atoms with Gasteiger partial charge in [0.15, 0.2) is 0 Å². The number of benzene rings is 2. The van der Waals surface area contributed by atoms with Gasteiger partial charge in [-0.3, -0.25) is 9.10 Å². The molecule has 10 nitrogen and oxygen atoms in total. The molecule has 0 saturated carbocycles. The van der Waals surface area contributed by atoms with Crippen molar-refractivity contribution >= 4 is 43.3 Å². The van der Waals surface area contributed by atoms with Gasteiger partial charge in [-0.15, -0.1) is 0 Å². The van der Waals surface area contributed by atoms with Crippen molar-refractivity contribution in [3.05, 3.63) is 71.0 Å². The van der Waals surface area contributed by atoms with Gasteiger partial charge >= 0.3 is 0 Å². The van der Waals surface area contributed by atoms with E-state index in [1.54, 1.807) is 39.0 Å². The summed E-state index contributed by atoms with van der Waals surface area (Å²) in [4.78, 5) is 21.3. The van der Waals surface area contributed by atoms with Gasteiger partial charge in [-0.25, -0.2) is 31.5 Å². The van der Waals surface area contributed by atoms with Crippen LogP contribution in [-0.4, -0.2) is 45.0 Å². The number of anilines is 3. The molecule has 0 aliphatic rings. The SMILES string of the molecule is CC[C@@H](C(=O)Nc1ccc(S(=O)(=O)Nc2nc(C)cc(C)n2)cc1)N(c1ccc(C)c(C)c1)S(C)(=O)=O. The van der Waals surface area contributed by atoms with E-state index in [-0.39, 0.29) is 17.3 Å². The quantitative estimate of drug-likeness (QED) is 0.418. The fourth-order valence-corrected chi connectivity index (χ4v) is 5.96. The topological polar surface area (TPSA) is 138 Å². The minimum atomic E-state index is -3.96. The van der Waals surface area contributed by atoms with Crippen molar-refractivity contribution in [1.29, 1.82) is 0 Å². The summed E-state index contributed by atoms with van der Waals surface area (Å²) in [6.07, 6.45) is 1.28. The zero-order chi connectivity index (χ0) is 27.5. The smallest absolute Gasteiger partial charge is 0.264 e. The first kappa shape index (κ1) is 28.1. The summed E-state index contributed by atoms with van der Waals surface area (Å²) in [5, 5.41) is 2.70. The zero-order valence-electron chi connectivity index (χ0n) is 21.6. The third-order valence-electron chi connectivity index (χ3n) is 5.71. The molecule has 1 amide bonds. The Kier molecular flexibility index (Phi) is 8.23. The Bertz CT molecular complexity index is 1500. The van der Waals surface area contributed by atoms with Crippen molar-refractivity contribution in [2.75, 3.05) is 20.6 Å². The Morgan fingerprint density at radius 1 is 0.892 bits per heavy atom. The molecule has 0 radical (unpaired) electrons. The number of nitrogens with zero attached hydrogens (tertiary/aromatic N) is 3. The van der Waals surface area contributed by atoms with Crippen molar-refractivity contribution < 1.29 is 21.6 Å². The number of carbonyl (C=O) groups excluding carboxylic acids is 1. The lowest BCUT2D eigenvalue weighted by Crippen LogP contribution is -2.47. The van der Waals surface area contributed by atoms with Gasteiger partial charge in [-0.1, -0.05) is 13.0 Å². The van der Waals surface area contributed by atoms with Crippen LogP contribution in [0.1, 0.15) is 35.9 Å². The first-order valence-electron chi connectivity index (χ1n) is 11.5. The monoisotopic (exact) mass is 545 g/mol. The van der Waals surface area contributed by atoms with Gasteiger partial charge in [0.25, 0.3) is 10.0 Å². The predicted octanol–water partition coefficient (Wildman–Crippen LogP) is 3.69. The van der Waals surface area contributed by atoms with E-state index in [1.165, 1.54) is 24.3 Å². The number of sulfonamides is 2. The molecule has 37 heavy (non-hydrogen) atoms. The Labute approximate surface area is 218 Å². The first-order chi connectivity index (χ1) is 17.2. The Morgan fingerprint density at radius 3 is 2.00 bits per heavy atom. The van der Waals surface area contributed by atoms with E-state index in [9.17, 15) is 21.6 Å². The molecule has 1 heterocycles. The number of aryl methyl sites for hydroxylation is 4. The second kappa shape index (κ2) is 10.9. The number of hydrogen-bond donors (Lipinski definition) is 2. The Balaban J connectivity index is 1.82. The van der Waals surface area contributed by atoms with E-state index >= 15 is 0 Å². The van der Waals surface area contributed by atoms with E-state index in [2.05, 4.69) is 20.0 Å². The van der Waals surface area contributed by atoms with E-state index < -0.39 is 32.0 Å². The molecule has 3 aromatic rings. The lowest BCUT2D eigenvalue weighted by Gasteiger charge is -2.30. The highest BCUT2D eigenvalue weighted by Crippen LogP contribution is 2.26. The summed E-state index contributed by atoms with van der Waals surface area (Å²) < 4.78 is 54.4. The molecule has 0 aliphatic carbocycles. The maximum atomic E-state index is 13.2. The third-order valence-corrected chi connectivity index (χ3v) is 8.24. The van der Waals surface area contributed by atoms with Crippen LogP contribution in [0.4, 0.5) is 17.3 Å². The number of aromatic nitrogens is 2. The molecule has 0 fully saturated rings. The molecule has 1 aromatic heterocycles. The van der Waals surface area contributed by atoms with Gasteiger partial charge in [0.2, 0.25) is 21.9 Å². The lowest BCUT2D eigenvalue weighted by molar-refractivity contribution is -0.117. The summed E-state index contributed by atoms with van der Waals surface area (Å²) >= 11 is 0. The van der Waals surface area contributed by atoms with Gasteiger partial charge in [-0.05, 0) is 87.7 Å². The van der Waals surface area contributed by atoms with Crippen molar-refractivity contribution in [1.82, 2.24) is 9.97 Å². The van der Waals surface area contributed by atoms with Gasteiger partial charge in [0.05, 0.1) is 16.8 Å². The van der Waals surface area contributed by atoms with E-state index in [1.807, 2.05) is 19.9 Å². The second-order valence-electron chi connectivity index (χ2n) is 8.84. The molecule has 0 spiro atoms. The molecule has 2 aromatic carbocycles. The van der Waals surface area contributed by atoms with Crippen LogP contribution in [0.25, 0.3) is 0 Å². The van der Waals surface area contributed by atoms with Crippen LogP contribution in [0.2, 0.25) is 0 Å². The minimum absolute atomic E-state index is 0.0344. The molecule has 0 aliphatic heterocycles. The van der Waals surface area contributed by atoms with Crippen LogP contribution in [0, 0.1) is 27.7 Å². The fourth-order valence-electron chi connectivity index (χ4n) is 3.82. The van der Waals surface area contributed by atoms with Gasteiger partial charge in [-0.2, -0.15) is 0 Å². The first-order valence-corrected chi connectivity index (χ1v) is 14.9. The summed E-state index contributed by atoms with van der Waals surface area (Å²) in [7, 11) is -7.75. The maximum Gasteiger partial charge on any atom is 0.264 e. The van der Waals surface area contributed by atoms with Gasteiger partial charge in [0, 0.05) is 17.1 Å². The van der Waals surface area contributed by atoms with Crippen LogP contribution >= 0.6 is 0 Å². The normalized spacial score (nSPS) is 12.6. The summed E-state index contributed by atoms with van der Waals surface area (Å²) in [6, 6.07) is 11.5. The number of carbonyl (C=O) groups is 1. The zero-order valence-corrected chi connectivity index (χ0v) is 23.2. The highest BCUT2D eigenvalue weighted by atomic mass is 32.2. The fraction of sp³-hybridized carbons (Fsp3) is 0.320. The second-order valence-corrected chi connectivity index (χ2v) is 12.4. The van der Waals surface area contributed by atoms with Crippen molar-refractivity contribution in [2.45, 2.75) is 52.0 Å². The number of rotatable bonds is 9. The molecule has 3 rings (SSSR count). The molecule has 0 saturated heterocycles. The number of hydrogen-bond acceptors (Lipinski definition) is 7. The molecule has 12 heteroatoms. The minimum Gasteiger partial charge on any atom is -0.324 e. The molecular formula is C25H31N5O5S2. The van der Waals surface area contributed by atoms with Crippen LogP contribution in [0.3, 0.4) is 0 Å². The Hall–Kier alpha value is -3.51. The average Bonchev–Trinajstić information content (AvgIpc) is 2.77. The molecule has 0 unspecified atom stereocenters. The summed E-state index contributed by atoms with van der Waals surface area (Å²) in [5.41, 5.74) is 3.86. The highest BCUT2D eigenvalue weighted by Gasteiger charge is 2.32. The highest BCUT2D eigenvalue weighted by molar-refractivity contribution is 7.92. The Morgan fingerprint density at radius 2 is 1.49 bits per heavy atom. The van der Waals surface area contributed by atoms with Crippen LogP contribution < -0.4 is 14.3 Å². The standard InChI is InChI=1S/C25H31N5O5S2/c1-7-23(30(36(6,32)33)21-11-8-16(2)17(3)14-21)24(31)28-20-9-12-22(13-10-20)37(34,35)29-25-26-18(4)15-19(5)27-25/h8-15,23H,7H2,1-6H3,(H,28,31)(H,26,27,29)/t23-/m0/s1. The van der Waals surface area contributed by atoms with Crippen LogP contribution in [0.15, 0.2) is 53.4 Å². The van der Waals surface area contributed by atoms with Gasteiger partial charge in [0.1, 0.15) is 6.04 Å². The van der Waals surface area contributed by atoms with Crippen LogP contribution in [-0.2, 0) is 24.8 Å². The van der Waals surface area contributed by atoms with E-state index in [4.69, 9.17) is 0 Å². The average molecular weight is 546 g/mol. The number of nitrogens with one attached hydrogen (secondary N) is 2.